The highest BCUT2D eigenvalue weighted by molar-refractivity contribution is 9.10. The molecule has 1 saturated heterocycles. The molecule has 2 aromatic rings. The Bertz CT molecular complexity index is 656. The molecule has 1 aliphatic heterocycles. The van der Waals surface area contributed by atoms with Crippen LogP contribution in [0.25, 0.3) is 11.4 Å². The fourth-order valence-electron chi connectivity index (χ4n) is 2.61. The van der Waals surface area contributed by atoms with Crippen molar-refractivity contribution in [2.24, 2.45) is 0 Å². The summed E-state index contributed by atoms with van der Waals surface area (Å²) in [5.41, 5.74) is 0.890. The third kappa shape index (κ3) is 2.99. The molecule has 2 heterocycles. The quantitative estimate of drug-likeness (QED) is 0.906. The number of aromatic nitrogens is 2. The summed E-state index contributed by atoms with van der Waals surface area (Å²) in [6.07, 6.45) is 1.79. The highest BCUT2D eigenvalue weighted by Crippen LogP contribution is 2.32. The normalized spacial score (nSPS) is 17.7. The Balaban J connectivity index is 1.80. The van der Waals surface area contributed by atoms with E-state index >= 15 is 0 Å². The van der Waals surface area contributed by atoms with E-state index in [9.17, 15) is 4.79 Å². The van der Waals surface area contributed by atoms with E-state index in [1.165, 1.54) is 0 Å². The second-order valence-electron chi connectivity index (χ2n) is 5.15. The molecule has 1 aromatic heterocycles. The second-order valence-corrected chi connectivity index (χ2v) is 6.07. The van der Waals surface area contributed by atoms with E-state index < -0.39 is 0 Å². The zero-order chi connectivity index (χ0) is 15.5. The average molecular weight is 365 g/mol. The lowest BCUT2D eigenvalue weighted by atomic mass is 10.2. The van der Waals surface area contributed by atoms with Crippen molar-refractivity contribution in [2.75, 3.05) is 13.1 Å². The van der Waals surface area contributed by atoms with Crippen molar-refractivity contribution in [3.63, 3.8) is 0 Å². The minimum Gasteiger partial charge on any atom is -0.338 e. The van der Waals surface area contributed by atoms with E-state index in [2.05, 4.69) is 31.4 Å². The van der Waals surface area contributed by atoms with Crippen LogP contribution in [0.3, 0.4) is 0 Å². The standard InChI is InChI=1S/C15H17BrN4O2/c1-2-17-15(21)20-9-3-4-12(20)14-18-13(19-22-14)10-5-7-11(16)8-6-10/h5-8,12H,2-4,9H2,1H3,(H,17,21)/t12-/m0/s1. The number of amides is 2. The molecular formula is C15H17BrN4O2. The summed E-state index contributed by atoms with van der Waals surface area (Å²) >= 11 is 3.40. The number of hydrogen-bond donors (Lipinski definition) is 1. The third-order valence-corrected chi connectivity index (χ3v) is 4.20. The monoisotopic (exact) mass is 364 g/mol. The van der Waals surface area contributed by atoms with E-state index in [4.69, 9.17) is 4.52 Å². The van der Waals surface area contributed by atoms with Crippen molar-refractivity contribution in [3.05, 3.63) is 34.6 Å². The molecule has 0 spiro atoms. The number of rotatable bonds is 3. The molecule has 3 rings (SSSR count). The number of carbonyl (C=O) groups excluding carboxylic acids is 1. The minimum absolute atomic E-state index is 0.0756. The van der Waals surface area contributed by atoms with Crippen LogP contribution in [0.15, 0.2) is 33.3 Å². The Morgan fingerprint density at radius 3 is 2.95 bits per heavy atom. The maximum atomic E-state index is 12.1. The molecule has 1 aromatic carbocycles. The largest absolute Gasteiger partial charge is 0.338 e. The summed E-state index contributed by atoms with van der Waals surface area (Å²) in [6, 6.07) is 7.50. The van der Waals surface area contributed by atoms with Gasteiger partial charge in [0, 0.05) is 23.1 Å². The molecule has 22 heavy (non-hydrogen) atoms. The Hall–Kier alpha value is -1.89. The van der Waals surface area contributed by atoms with Crippen molar-refractivity contribution in [2.45, 2.75) is 25.8 Å². The van der Waals surface area contributed by atoms with Crippen molar-refractivity contribution in [1.82, 2.24) is 20.4 Å². The van der Waals surface area contributed by atoms with Crippen LogP contribution in [0.1, 0.15) is 31.7 Å². The maximum Gasteiger partial charge on any atom is 0.318 e. The Morgan fingerprint density at radius 2 is 2.23 bits per heavy atom. The fourth-order valence-corrected chi connectivity index (χ4v) is 2.87. The average Bonchev–Trinajstić information content (AvgIpc) is 3.17. The molecule has 0 saturated carbocycles. The van der Waals surface area contributed by atoms with Gasteiger partial charge in [-0.05, 0) is 44.0 Å². The SMILES string of the molecule is CCNC(=O)N1CCC[C@H]1c1nc(-c2ccc(Br)cc2)no1. The van der Waals surface area contributed by atoms with E-state index in [0.717, 1.165) is 22.9 Å². The maximum absolute atomic E-state index is 12.1. The summed E-state index contributed by atoms with van der Waals surface area (Å²) in [4.78, 5) is 18.3. The Labute approximate surface area is 137 Å². The van der Waals surface area contributed by atoms with Gasteiger partial charge >= 0.3 is 6.03 Å². The van der Waals surface area contributed by atoms with Crippen LogP contribution in [0.5, 0.6) is 0 Å². The molecule has 1 fully saturated rings. The topological polar surface area (TPSA) is 71.3 Å². The van der Waals surface area contributed by atoms with Crippen LogP contribution in [0.2, 0.25) is 0 Å². The number of nitrogens with zero attached hydrogens (tertiary/aromatic N) is 3. The third-order valence-electron chi connectivity index (χ3n) is 3.67. The van der Waals surface area contributed by atoms with Gasteiger partial charge in [-0.15, -0.1) is 0 Å². The Morgan fingerprint density at radius 1 is 1.45 bits per heavy atom. The first kappa shape index (κ1) is 15.0. The molecule has 0 aliphatic carbocycles. The second kappa shape index (κ2) is 6.48. The van der Waals surface area contributed by atoms with Gasteiger partial charge < -0.3 is 14.7 Å². The first-order valence-electron chi connectivity index (χ1n) is 7.33. The number of nitrogens with one attached hydrogen (secondary N) is 1. The molecule has 6 nitrogen and oxygen atoms in total. The van der Waals surface area contributed by atoms with Crippen molar-refractivity contribution >= 4 is 22.0 Å². The van der Waals surface area contributed by atoms with E-state index in [1.807, 2.05) is 31.2 Å². The molecule has 0 unspecified atom stereocenters. The number of halogens is 1. The number of benzene rings is 1. The first-order chi connectivity index (χ1) is 10.7. The Kier molecular flexibility index (Phi) is 4.42. The van der Waals surface area contributed by atoms with Crippen LogP contribution in [-0.2, 0) is 0 Å². The summed E-state index contributed by atoms with van der Waals surface area (Å²) in [5, 5.41) is 6.86. The van der Waals surface area contributed by atoms with Gasteiger partial charge in [0.25, 0.3) is 0 Å². The molecule has 116 valence electrons. The molecule has 1 aliphatic rings. The van der Waals surface area contributed by atoms with Gasteiger partial charge in [-0.25, -0.2) is 4.79 Å². The van der Waals surface area contributed by atoms with Gasteiger partial charge in [0.2, 0.25) is 11.7 Å². The van der Waals surface area contributed by atoms with Crippen molar-refractivity contribution < 1.29 is 9.32 Å². The van der Waals surface area contributed by atoms with Gasteiger partial charge in [-0.2, -0.15) is 4.98 Å². The highest BCUT2D eigenvalue weighted by atomic mass is 79.9. The molecule has 1 N–H and O–H groups in total. The summed E-state index contributed by atoms with van der Waals surface area (Å²) in [7, 11) is 0. The number of carbonyl (C=O) groups is 1. The number of urea groups is 1. The molecule has 2 amide bonds. The molecule has 1 atom stereocenters. The van der Waals surface area contributed by atoms with Gasteiger partial charge in [-0.1, -0.05) is 21.1 Å². The van der Waals surface area contributed by atoms with Gasteiger partial charge in [0.05, 0.1) is 0 Å². The number of hydrogen-bond acceptors (Lipinski definition) is 4. The van der Waals surface area contributed by atoms with Crippen LogP contribution < -0.4 is 5.32 Å². The lowest BCUT2D eigenvalue weighted by Crippen LogP contribution is -2.39. The molecule has 7 heteroatoms. The van der Waals surface area contributed by atoms with Crippen molar-refractivity contribution in [1.29, 1.82) is 0 Å². The summed E-state index contributed by atoms with van der Waals surface area (Å²) in [5.74, 6) is 1.05. The summed E-state index contributed by atoms with van der Waals surface area (Å²) in [6.45, 7) is 3.23. The first-order valence-corrected chi connectivity index (χ1v) is 8.12. The lowest BCUT2D eigenvalue weighted by molar-refractivity contribution is 0.181. The molecule has 0 radical (unpaired) electrons. The van der Waals surface area contributed by atoms with E-state index in [0.29, 0.717) is 24.8 Å². The summed E-state index contributed by atoms with van der Waals surface area (Å²) < 4.78 is 6.40. The number of likely N-dealkylation sites (tertiary alicyclic amines) is 1. The fraction of sp³-hybridized carbons (Fsp3) is 0.400. The van der Waals surface area contributed by atoms with Gasteiger partial charge in [-0.3, -0.25) is 0 Å². The van der Waals surface area contributed by atoms with Crippen molar-refractivity contribution in [3.8, 4) is 11.4 Å². The van der Waals surface area contributed by atoms with Crippen LogP contribution >= 0.6 is 15.9 Å². The van der Waals surface area contributed by atoms with Gasteiger partial charge in [0.15, 0.2) is 0 Å². The molecule has 0 bridgehead atoms. The van der Waals surface area contributed by atoms with Gasteiger partial charge in [0.1, 0.15) is 6.04 Å². The highest BCUT2D eigenvalue weighted by Gasteiger charge is 2.33. The smallest absolute Gasteiger partial charge is 0.318 e. The van der Waals surface area contributed by atoms with Crippen LogP contribution in [0.4, 0.5) is 4.79 Å². The minimum atomic E-state index is -0.136. The van der Waals surface area contributed by atoms with Crippen LogP contribution in [0, 0.1) is 0 Å². The predicted octanol–water partition coefficient (Wildman–Crippen LogP) is 3.37. The van der Waals surface area contributed by atoms with E-state index in [-0.39, 0.29) is 12.1 Å². The lowest BCUT2D eigenvalue weighted by Gasteiger charge is -2.21. The molecular weight excluding hydrogens is 348 g/mol. The predicted molar refractivity (Wildman–Crippen MR) is 85.2 cm³/mol. The zero-order valence-corrected chi connectivity index (χ0v) is 13.8. The zero-order valence-electron chi connectivity index (χ0n) is 12.3. The van der Waals surface area contributed by atoms with E-state index in [1.54, 1.807) is 4.90 Å². The van der Waals surface area contributed by atoms with Crippen LogP contribution in [-0.4, -0.2) is 34.2 Å².